The Morgan fingerprint density at radius 1 is 0.609 bits per heavy atom. The summed E-state index contributed by atoms with van der Waals surface area (Å²) in [6, 6.07) is 0. The van der Waals surface area contributed by atoms with Crippen molar-refractivity contribution < 1.29 is 6.51 Å². The van der Waals surface area contributed by atoms with Crippen LogP contribution in [0.15, 0.2) is 0 Å². The predicted octanol–water partition coefficient (Wildman–Crippen LogP) is 8.06. The Hall–Kier alpha value is 0.519. The molecule has 0 radical (unpaired) electrons. The van der Waals surface area contributed by atoms with Crippen molar-refractivity contribution in [2.24, 2.45) is 0 Å². The van der Waals surface area contributed by atoms with Gasteiger partial charge in [-0.3, -0.25) is 0 Å². The molecule has 0 aromatic rings. The quantitative estimate of drug-likeness (QED) is 0.387. The van der Waals surface area contributed by atoms with E-state index in [2.05, 4.69) is 27.7 Å². The molecule has 10 aliphatic rings. The van der Waals surface area contributed by atoms with Crippen molar-refractivity contribution in [3.05, 3.63) is 0 Å². The maximum atomic E-state index is 2.55. The van der Waals surface area contributed by atoms with Gasteiger partial charge in [0.25, 0.3) is 0 Å². The summed E-state index contributed by atoms with van der Waals surface area (Å²) in [7, 11) is 0. The topological polar surface area (TPSA) is 0 Å². The first-order chi connectivity index (χ1) is 11.0. The third kappa shape index (κ3) is 0.131. The molecule has 0 N–H and O–H groups in total. The van der Waals surface area contributed by atoms with Gasteiger partial charge in [-0.05, 0) is 0 Å². The Balaban J connectivity index is 1.47. The zero-order valence-corrected chi connectivity index (χ0v) is 16.6. The van der Waals surface area contributed by atoms with Crippen molar-refractivity contribution >= 4 is 0 Å². The first kappa shape index (κ1) is 11.3. The molecule has 10 fully saturated rings. The summed E-state index contributed by atoms with van der Waals surface area (Å²) >= 11 is 0. The molecule has 10 rings (SSSR count). The van der Waals surface area contributed by atoms with Gasteiger partial charge in [0, 0.05) is 0 Å². The molecular formula is C22H34Fe. The van der Waals surface area contributed by atoms with E-state index in [1.807, 2.05) is 0 Å². The van der Waals surface area contributed by atoms with Crippen molar-refractivity contribution in [1.29, 1.82) is 0 Å². The minimum atomic E-state index is -3.31. The standard InChI is InChI=1S/C14H23.C8H11.Fe/c1-4-7-12-10-13(8-5-2)14(11-12)9-6-3;1-2-5-8-6-3-4-7-8;/h10-11H,4-9H2,1-3H3;3-4,6-7H,2,5H2,1H3;. The second kappa shape index (κ2) is 1.14. The van der Waals surface area contributed by atoms with Gasteiger partial charge in [0.2, 0.25) is 0 Å². The SMILES string of the molecule is CCC[C]12[CH]3[CH]4[CH]5[CH]1[Fe]45321678[CH]2[C]1(CCC)[CH]6[C]7(CCC)[C]28CCC. The Labute approximate surface area is 131 Å². The minimum absolute atomic E-state index is 1.12. The van der Waals surface area contributed by atoms with E-state index in [9.17, 15) is 0 Å². The Kier molecular flexibility index (Phi) is 0.560. The fourth-order valence-electron chi connectivity index (χ4n) is 23.5. The summed E-state index contributed by atoms with van der Waals surface area (Å²) in [6.45, 7) is 6.87. The first-order valence-electron chi connectivity index (χ1n) is 11.2. The summed E-state index contributed by atoms with van der Waals surface area (Å²) in [4.78, 5) is 8.87. The van der Waals surface area contributed by atoms with E-state index in [1.54, 1.807) is 25.7 Å². The summed E-state index contributed by atoms with van der Waals surface area (Å²) in [5, 5.41) is 0. The van der Waals surface area contributed by atoms with Crippen LogP contribution in [0.25, 0.3) is 0 Å². The molecule has 0 aromatic carbocycles. The van der Waals surface area contributed by atoms with Crippen LogP contribution in [0.3, 0.4) is 0 Å². The van der Waals surface area contributed by atoms with Crippen molar-refractivity contribution in [2.45, 2.75) is 125 Å². The van der Waals surface area contributed by atoms with Gasteiger partial charge in [-0.2, -0.15) is 0 Å². The molecule has 10 heterocycles. The normalized spacial score (nSPS) is 101. The zero-order chi connectivity index (χ0) is 15.4. The van der Waals surface area contributed by atoms with Gasteiger partial charge >= 0.3 is 132 Å². The van der Waals surface area contributed by atoms with Crippen molar-refractivity contribution in [3.8, 4) is 0 Å². The molecule has 1 heteroatoms. The average Bonchev–Trinajstić information content (AvgIpc) is 3.47. The monoisotopic (exact) mass is 354 g/mol. The van der Waals surface area contributed by atoms with Crippen LogP contribution in [0.2, 0.25) is 46.2 Å². The molecule has 0 bridgehead atoms. The van der Waals surface area contributed by atoms with Gasteiger partial charge in [-0.1, -0.05) is 0 Å². The number of fused-ring (bicyclic) bond motifs is 10. The van der Waals surface area contributed by atoms with Crippen LogP contribution < -0.4 is 0 Å². The van der Waals surface area contributed by atoms with Gasteiger partial charge < -0.3 is 0 Å². The fraction of sp³-hybridized carbons (Fsp3) is 1.00. The van der Waals surface area contributed by atoms with Crippen molar-refractivity contribution in [3.63, 3.8) is 0 Å². The van der Waals surface area contributed by atoms with Crippen LogP contribution >= 0.6 is 0 Å². The molecule has 1 spiro atoms. The van der Waals surface area contributed by atoms with E-state index in [0.717, 1.165) is 17.3 Å². The summed E-state index contributed by atoms with van der Waals surface area (Å²) < 4.78 is 4.50. The third-order valence-corrected chi connectivity index (χ3v) is 65.0. The van der Waals surface area contributed by atoms with E-state index in [1.165, 1.54) is 54.6 Å². The van der Waals surface area contributed by atoms with Crippen LogP contribution in [-0.2, 0) is 6.51 Å². The molecule has 0 aliphatic carbocycles. The average molecular weight is 354 g/mol. The summed E-state index contributed by atoms with van der Waals surface area (Å²) in [5.74, 6) is 0. The Morgan fingerprint density at radius 2 is 1.04 bits per heavy atom. The maximum absolute atomic E-state index is 3.31. The molecule has 8 unspecified atom stereocenters. The molecule has 0 amide bonds. The molecule has 23 heavy (non-hydrogen) atoms. The predicted molar refractivity (Wildman–Crippen MR) is 92.9 cm³/mol. The van der Waals surface area contributed by atoms with Crippen molar-refractivity contribution in [2.75, 3.05) is 0 Å². The van der Waals surface area contributed by atoms with E-state index in [-0.39, 0.29) is 0 Å². The van der Waals surface area contributed by atoms with Gasteiger partial charge in [-0.15, -0.1) is 0 Å². The van der Waals surface area contributed by atoms with Gasteiger partial charge in [-0.25, -0.2) is 0 Å². The Morgan fingerprint density at radius 3 is 1.43 bits per heavy atom. The van der Waals surface area contributed by atoms with Gasteiger partial charge in [0.1, 0.15) is 0 Å². The van der Waals surface area contributed by atoms with E-state index in [4.69, 9.17) is 0 Å². The molecule has 10 saturated heterocycles. The van der Waals surface area contributed by atoms with Crippen LogP contribution in [0.4, 0.5) is 0 Å². The van der Waals surface area contributed by atoms with Crippen LogP contribution in [-0.4, -0.2) is 0 Å². The van der Waals surface area contributed by atoms with Gasteiger partial charge in [0.15, 0.2) is 0 Å². The summed E-state index contributed by atoms with van der Waals surface area (Å²) in [5.41, 5.74) is 0. The fourth-order valence-corrected chi connectivity index (χ4v) is 108. The van der Waals surface area contributed by atoms with E-state index < -0.39 is 6.51 Å². The number of hydrogen-bond acceptors (Lipinski definition) is 0. The van der Waals surface area contributed by atoms with E-state index >= 15 is 0 Å². The van der Waals surface area contributed by atoms with Crippen LogP contribution in [0, 0.1) is 0 Å². The number of hydrogen-bond donors (Lipinski definition) is 0. The molecule has 130 valence electrons. The van der Waals surface area contributed by atoms with Crippen LogP contribution in [0.1, 0.15) is 79.1 Å². The molecular weight excluding hydrogens is 320 g/mol. The molecule has 0 saturated carbocycles. The molecule has 0 nitrogen and oxygen atoms in total. The second-order valence-electron chi connectivity index (χ2n) is 13.6. The van der Waals surface area contributed by atoms with Crippen LogP contribution in [0.5, 0.6) is 0 Å². The summed E-state index contributed by atoms with van der Waals surface area (Å²) in [6.07, 6.45) is 13.1. The third-order valence-electron chi connectivity index (χ3n) is 18.8. The van der Waals surface area contributed by atoms with Crippen molar-refractivity contribution in [1.82, 2.24) is 0 Å². The molecule has 10 aliphatic heterocycles. The molecule has 8 atom stereocenters. The first-order valence-corrected chi connectivity index (χ1v) is 17.2. The van der Waals surface area contributed by atoms with E-state index in [0.29, 0.717) is 0 Å². The Bertz CT molecular complexity index is 1130. The number of rotatable bonds is 8. The second-order valence-corrected chi connectivity index (χ2v) is 36.5. The molecule has 0 aromatic heterocycles. The zero-order valence-electron chi connectivity index (χ0n) is 15.5. The van der Waals surface area contributed by atoms with Gasteiger partial charge in [0.05, 0.1) is 0 Å².